The predicted octanol–water partition coefficient (Wildman–Crippen LogP) is 1.32. The maximum absolute atomic E-state index is 13.3. The highest BCUT2D eigenvalue weighted by molar-refractivity contribution is 6.05. The van der Waals surface area contributed by atoms with Crippen molar-refractivity contribution < 1.29 is 17.8 Å². The molecule has 1 heterocycles. The molecule has 0 spiro atoms. The minimum atomic E-state index is -2.95. The second-order valence-electron chi connectivity index (χ2n) is 5.31. The standard InChI is InChI=1S/C16H17N3O3/c1-9-18-12-5-3-4-11(17)14(12)15(22)19(9)16(2)7-6-10(20)8-13(16)21/h3-5H,6-8,17H2,1-2H3/t16-/m0/s1/i2D3,3D,4D,5D. The zero-order valence-electron chi connectivity index (χ0n) is 17.8. The normalized spacial score (nSPS) is 26.8. The van der Waals surface area contributed by atoms with Gasteiger partial charge in [-0.2, -0.15) is 0 Å². The number of fused-ring (bicyclic) bond motifs is 1. The molecule has 6 heteroatoms. The van der Waals surface area contributed by atoms with Crippen molar-refractivity contribution in [1.82, 2.24) is 9.55 Å². The molecule has 114 valence electrons. The van der Waals surface area contributed by atoms with E-state index in [9.17, 15) is 14.4 Å². The maximum Gasteiger partial charge on any atom is 0.264 e. The number of carbonyl (C=O) groups is 2. The summed E-state index contributed by atoms with van der Waals surface area (Å²) in [6.07, 6.45) is -1.20. The Hall–Kier alpha value is -2.50. The monoisotopic (exact) mass is 305 g/mol. The van der Waals surface area contributed by atoms with Gasteiger partial charge in [0, 0.05) is 16.2 Å². The molecular formula is C16H17N3O3. The van der Waals surface area contributed by atoms with Gasteiger partial charge in [0.25, 0.3) is 5.56 Å². The van der Waals surface area contributed by atoms with Crippen molar-refractivity contribution in [1.29, 1.82) is 0 Å². The van der Waals surface area contributed by atoms with Crippen LogP contribution >= 0.6 is 0 Å². The Morgan fingerprint density at radius 3 is 2.86 bits per heavy atom. The molecule has 2 N–H and O–H groups in total. The van der Waals surface area contributed by atoms with Crippen molar-refractivity contribution >= 4 is 28.2 Å². The van der Waals surface area contributed by atoms with E-state index >= 15 is 0 Å². The molecule has 3 rings (SSSR count). The van der Waals surface area contributed by atoms with E-state index in [0.29, 0.717) is 0 Å². The highest BCUT2D eigenvalue weighted by Gasteiger charge is 2.41. The number of carbonyl (C=O) groups excluding carboxylic acids is 2. The molecule has 0 radical (unpaired) electrons. The number of hydrogen-bond acceptors (Lipinski definition) is 5. The third-order valence-electron chi connectivity index (χ3n) is 3.86. The lowest BCUT2D eigenvalue weighted by molar-refractivity contribution is -0.136. The number of ketones is 2. The van der Waals surface area contributed by atoms with E-state index in [1.165, 1.54) is 6.92 Å². The van der Waals surface area contributed by atoms with Gasteiger partial charge in [0.15, 0.2) is 5.78 Å². The molecule has 1 atom stereocenters. The fraction of sp³-hybridized carbons (Fsp3) is 0.375. The van der Waals surface area contributed by atoms with E-state index in [4.69, 9.17) is 14.0 Å². The fourth-order valence-corrected chi connectivity index (χ4v) is 2.74. The van der Waals surface area contributed by atoms with Crippen molar-refractivity contribution in [2.75, 3.05) is 5.73 Å². The summed E-state index contributed by atoms with van der Waals surface area (Å²) in [4.78, 5) is 41.9. The van der Waals surface area contributed by atoms with Crippen molar-refractivity contribution in [2.24, 2.45) is 0 Å². The van der Waals surface area contributed by atoms with E-state index < -0.39 is 66.2 Å². The topological polar surface area (TPSA) is 95.0 Å². The Kier molecular flexibility index (Phi) is 1.91. The van der Waals surface area contributed by atoms with Crippen LogP contribution in [0.1, 0.15) is 40.2 Å². The molecule has 1 aromatic heterocycles. The number of Topliss-reactive ketones (excluding diaryl/α,β-unsaturated/α-hetero) is 2. The Morgan fingerprint density at radius 2 is 2.18 bits per heavy atom. The summed E-state index contributed by atoms with van der Waals surface area (Å²) in [7, 11) is 0. The number of hydrogen-bond donors (Lipinski definition) is 1. The molecule has 0 bridgehead atoms. The van der Waals surface area contributed by atoms with Gasteiger partial charge in [-0.25, -0.2) is 4.98 Å². The molecule has 1 aliphatic rings. The van der Waals surface area contributed by atoms with Gasteiger partial charge < -0.3 is 5.73 Å². The van der Waals surface area contributed by atoms with Gasteiger partial charge in [-0.1, -0.05) is 6.04 Å². The SMILES string of the molecule is [2H]c1c([2H])c(N)c2c(=O)n([C@@]3(C([2H])([2H])[2H])CCC(=O)CC3=O)c(C)nc2c1[2H]. The zero-order chi connectivity index (χ0) is 21.2. The lowest BCUT2D eigenvalue weighted by atomic mass is 9.81. The second kappa shape index (κ2) is 4.76. The summed E-state index contributed by atoms with van der Waals surface area (Å²) in [5.41, 5.74) is 1.89. The molecule has 22 heavy (non-hydrogen) atoms. The van der Waals surface area contributed by atoms with Crippen LogP contribution < -0.4 is 11.3 Å². The summed E-state index contributed by atoms with van der Waals surface area (Å²) in [6.45, 7) is -1.64. The fourth-order valence-electron chi connectivity index (χ4n) is 2.74. The van der Waals surface area contributed by atoms with Crippen molar-refractivity contribution in [3.05, 3.63) is 34.3 Å². The molecule has 2 aromatic rings. The second-order valence-corrected chi connectivity index (χ2v) is 5.31. The first-order valence-electron chi connectivity index (χ1n) is 9.68. The minimum Gasteiger partial charge on any atom is -0.398 e. The molecule has 0 aliphatic heterocycles. The molecule has 6 nitrogen and oxygen atoms in total. The van der Waals surface area contributed by atoms with E-state index in [-0.39, 0.29) is 23.1 Å². The van der Waals surface area contributed by atoms with Crippen LogP contribution in [0, 0.1) is 6.92 Å². The van der Waals surface area contributed by atoms with Gasteiger partial charge in [0.1, 0.15) is 17.1 Å². The van der Waals surface area contributed by atoms with Gasteiger partial charge in [-0.3, -0.25) is 19.0 Å². The number of rotatable bonds is 1. The molecule has 0 unspecified atom stereocenters. The molecule has 1 saturated carbocycles. The third kappa shape index (κ3) is 1.94. The first-order valence-corrected chi connectivity index (χ1v) is 6.68. The van der Waals surface area contributed by atoms with E-state index in [1.807, 2.05) is 0 Å². The predicted molar refractivity (Wildman–Crippen MR) is 82.7 cm³/mol. The lowest BCUT2D eigenvalue weighted by Crippen LogP contribution is -2.49. The Bertz CT molecular complexity index is 1110. The highest BCUT2D eigenvalue weighted by atomic mass is 16.2. The van der Waals surface area contributed by atoms with E-state index in [1.54, 1.807) is 0 Å². The van der Waals surface area contributed by atoms with Gasteiger partial charge >= 0.3 is 0 Å². The number of nitrogens with zero attached hydrogens (tertiary/aromatic N) is 2. The first kappa shape index (κ1) is 8.82. The summed E-state index contributed by atoms with van der Waals surface area (Å²) in [5.74, 6) is -1.48. The average molecular weight is 305 g/mol. The Balaban J connectivity index is 2.51. The summed E-state index contributed by atoms with van der Waals surface area (Å²) < 4.78 is 48.2. The summed E-state index contributed by atoms with van der Waals surface area (Å²) in [6, 6.07) is -1.56. The summed E-state index contributed by atoms with van der Waals surface area (Å²) in [5, 5.41) is -0.384. The minimum absolute atomic E-state index is 0.152. The average Bonchev–Trinajstić information content (AvgIpc) is 2.58. The first-order chi connectivity index (χ1) is 12.8. The van der Waals surface area contributed by atoms with Crippen LogP contribution in [0.3, 0.4) is 0 Å². The van der Waals surface area contributed by atoms with Gasteiger partial charge in [0.05, 0.1) is 21.4 Å². The maximum atomic E-state index is 13.3. The van der Waals surface area contributed by atoms with Gasteiger partial charge in [-0.05, 0) is 32.3 Å². The molecule has 1 aromatic carbocycles. The van der Waals surface area contributed by atoms with Crippen LogP contribution in [-0.2, 0) is 15.1 Å². The van der Waals surface area contributed by atoms with Crippen molar-refractivity contribution in [2.45, 2.75) is 38.6 Å². The lowest BCUT2D eigenvalue weighted by Gasteiger charge is -2.34. The Morgan fingerprint density at radius 1 is 1.41 bits per heavy atom. The van der Waals surface area contributed by atoms with Crippen molar-refractivity contribution in [3.8, 4) is 0 Å². The van der Waals surface area contributed by atoms with E-state index in [0.717, 1.165) is 4.57 Å². The molecule has 0 saturated heterocycles. The molecule has 1 fully saturated rings. The van der Waals surface area contributed by atoms with Crippen LogP contribution in [0.5, 0.6) is 0 Å². The van der Waals surface area contributed by atoms with Crippen LogP contribution in [0.4, 0.5) is 5.69 Å². The molecule has 0 amide bonds. The zero-order valence-corrected chi connectivity index (χ0v) is 11.8. The molecule has 1 aliphatic carbocycles. The largest absolute Gasteiger partial charge is 0.398 e. The van der Waals surface area contributed by atoms with Gasteiger partial charge in [-0.15, -0.1) is 0 Å². The molecular weight excluding hydrogens is 282 g/mol. The van der Waals surface area contributed by atoms with E-state index in [2.05, 4.69) is 4.98 Å². The number of aromatic nitrogens is 2. The van der Waals surface area contributed by atoms with Crippen LogP contribution in [-0.4, -0.2) is 21.1 Å². The van der Waals surface area contributed by atoms with Crippen molar-refractivity contribution in [3.63, 3.8) is 0 Å². The smallest absolute Gasteiger partial charge is 0.264 e. The van der Waals surface area contributed by atoms with Crippen LogP contribution in [0.2, 0.25) is 0 Å². The Labute approximate surface area is 135 Å². The third-order valence-corrected chi connectivity index (χ3v) is 3.86. The number of aryl methyl sites for hydroxylation is 1. The van der Waals surface area contributed by atoms with Crippen LogP contribution in [0.25, 0.3) is 10.9 Å². The summed E-state index contributed by atoms with van der Waals surface area (Å²) >= 11 is 0. The van der Waals surface area contributed by atoms with Gasteiger partial charge in [0.2, 0.25) is 0 Å². The number of anilines is 1. The quantitative estimate of drug-likeness (QED) is 0.633. The van der Waals surface area contributed by atoms with Crippen LogP contribution in [0.15, 0.2) is 22.9 Å². The highest BCUT2D eigenvalue weighted by Crippen LogP contribution is 2.30. The number of benzene rings is 1. The number of nitrogen functional groups attached to an aromatic ring is 1. The number of nitrogens with two attached hydrogens (primary N) is 1.